The molecule has 5 nitrogen and oxygen atoms in total. The van der Waals surface area contributed by atoms with Gasteiger partial charge in [-0.2, -0.15) is 15.6 Å². The van der Waals surface area contributed by atoms with Gasteiger partial charge in [-0.3, -0.25) is 5.43 Å². The normalized spacial score (nSPS) is 8.47. The number of hydrazone groups is 1. The number of anilines is 1. The van der Waals surface area contributed by atoms with Gasteiger partial charge in [-0.1, -0.05) is 15.9 Å². The minimum absolute atomic E-state index is 0.0165. The molecule has 1 aromatic carbocycles. The van der Waals surface area contributed by atoms with Gasteiger partial charge in [0.2, 0.25) is 5.71 Å². The van der Waals surface area contributed by atoms with Crippen molar-refractivity contribution in [3.63, 3.8) is 0 Å². The molecule has 0 bridgehead atoms. The van der Waals surface area contributed by atoms with Gasteiger partial charge in [0, 0.05) is 4.47 Å². The van der Waals surface area contributed by atoms with Crippen molar-refractivity contribution in [2.45, 2.75) is 0 Å². The van der Waals surface area contributed by atoms with Crippen LogP contribution in [0.5, 0.6) is 5.75 Å². The lowest BCUT2D eigenvalue weighted by molar-refractivity contribution is 0.477. The van der Waals surface area contributed by atoms with E-state index in [1.54, 1.807) is 24.3 Å². The summed E-state index contributed by atoms with van der Waals surface area (Å²) in [6.07, 6.45) is 0. The van der Waals surface area contributed by atoms with Crippen LogP contribution in [0.1, 0.15) is 0 Å². The van der Waals surface area contributed by atoms with E-state index in [-0.39, 0.29) is 11.5 Å². The van der Waals surface area contributed by atoms with Crippen LogP contribution in [0.15, 0.2) is 27.8 Å². The predicted molar refractivity (Wildman–Crippen MR) is 58.1 cm³/mol. The highest BCUT2D eigenvalue weighted by atomic mass is 79.9. The smallest absolute Gasteiger partial charge is 0.237 e. The van der Waals surface area contributed by atoms with E-state index in [0.717, 1.165) is 4.47 Å². The fraction of sp³-hybridized carbons (Fsp3) is 0. The average molecular weight is 265 g/mol. The van der Waals surface area contributed by atoms with Gasteiger partial charge >= 0.3 is 0 Å². The van der Waals surface area contributed by atoms with Gasteiger partial charge in [0.15, 0.2) is 0 Å². The molecule has 0 radical (unpaired) electrons. The second-order valence-electron chi connectivity index (χ2n) is 2.46. The Morgan fingerprint density at radius 2 is 2.07 bits per heavy atom. The molecule has 6 heteroatoms. The molecule has 0 fully saturated rings. The van der Waals surface area contributed by atoms with E-state index < -0.39 is 0 Å². The maximum Gasteiger partial charge on any atom is 0.237 e. The molecule has 0 aromatic heterocycles. The molecule has 0 aliphatic carbocycles. The van der Waals surface area contributed by atoms with Crippen LogP contribution in [0.25, 0.3) is 0 Å². The van der Waals surface area contributed by atoms with Gasteiger partial charge in [0.25, 0.3) is 0 Å². The first-order valence-electron chi connectivity index (χ1n) is 3.80. The van der Waals surface area contributed by atoms with Crippen LogP contribution in [0.2, 0.25) is 0 Å². The molecular formula is C9H5BrN4O. The number of nitriles is 2. The molecule has 1 aromatic rings. The molecule has 2 N–H and O–H groups in total. The van der Waals surface area contributed by atoms with Gasteiger partial charge in [-0.05, 0) is 18.2 Å². The summed E-state index contributed by atoms with van der Waals surface area (Å²) in [5, 5.41) is 29.7. The maximum atomic E-state index is 9.37. The Labute approximate surface area is 94.4 Å². The second kappa shape index (κ2) is 4.99. The number of halogens is 1. The molecule has 0 aliphatic heterocycles. The predicted octanol–water partition coefficient (Wildman–Crippen LogP) is 1.97. The zero-order chi connectivity index (χ0) is 11.3. The summed E-state index contributed by atoms with van der Waals surface area (Å²) in [5.74, 6) is -0.0165. The number of phenolic OH excluding ortho intramolecular Hbond substituents is 1. The number of hydrogen-bond acceptors (Lipinski definition) is 5. The van der Waals surface area contributed by atoms with Crippen molar-refractivity contribution in [3.8, 4) is 17.9 Å². The molecule has 0 unspecified atom stereocenters. The summed E-state index contributed by atoms with van der Waals surface area (Å²) in [6, 6.07) is 7.86. The van der Waals surface area contributed by atoms with E-state index in [1.807, 2.05) is 0 Å². The van der Waals surface area contributed by atoms with E-state index in [9.17, 15) is 5.11 Å². The van der Waals surface area contributed by atoms with Crippen LogP contribution in [0, 0.1) is 22.7 Å². The second-order valence-corrected chi connectivity index (χ2v) is 3.37. The summed E-state index contributed by atoms with van der Waals surface area (Å²) in [4.78, 5) is 0. The average Bonchev–Trinajstić information content (AvgIpc) is 2.24. The summed E-state index contributed by atoms with van der Waals surface area (Å²) in [5.41, 5.74) is 2.42. The summed E-state index contributed by atoms with van der Waals surface area (Å²) in [6.45, 7) is 0. The standard InChI is InChI=1S/C9H5BrN4O/c10-6-1-2-9(15)8(3-6)14-13-7(4-11)5-12/h1-3,14-15H. The van der Waals surface area contributed by atoms with Gasteiger partial charge in [-0.15, -0.1) is 0 Å². The van der Waals surface area contributed by atoms with Crippen LogP contribution in [-0.2, 0) is 0 Å². The van der Waals surface area contributed by atoms with E-state index in [2.05, 4.69) is 26.5 Å². The highest BCUT2D eigenvalue weighted by Gasteiger charge is 2.01. The Kier molecular flexibility index (Phi) is 3.67. The fourth-order valence-electron chi connectivity index (χ4n) is 0.789. The SMILES string of the molecule is N#CC(C#N)=NNc1cc(Br)ccc1O. The molecule has 0 amide bonds. The van der Waals surface area contributed by atoms with Gasteiger partial charge in [0.05, 0.1) is 5.69 Å². The quantitative estimate of drug-likeness (QED) is 0.485. The topological polar surface area (TPSA) is 92.2 Å². The fourth-order valence-corrected chi connectivity index (χ4v) is 1.15. The van der Waals surface area contributed by atoms with Crippen LogP contribution in [-0.4, -0.2) is 10.8 Å². The lowest BCUT2D eigenvalue weighted by Gasteiger charge is -2.03. The Bertz CT molecular complexity index is 468. The molecule has 0 aliphatic rings. The minimum atomic E-state index is -0.311. The van der Waals surface area contributed by atoms with Crippen molar-refractivity contribution >= 4 is 27.3 Å². The third kappa shape index (κ3) is 2.97. The third-order valence-electron chi connectivity index (χ3n) is 1.46. The molecule has 1 rings (SSSR count). The van der Waals surface area contributed by atoms with Crippen molar-refractivity contribution in [2.24, 2.45) is 5.10 Å². The first-order valence-corrected chi connectivity index (χ1v) is 4.59. The van der Waals surface area contributed by atoms with Crippen molar-refractivity contribution < 1.29 is 5.11 Å². The summed E-state index contributed by atoms with van der Waals surface area (Å²) in [7, 11) is 0. The highest BCUT2D eigenvalue weighted by molar-refractivity contribution is 9.10. The van der Waals surface area contributed by atoms with Gasteiger partial charge < -0.3 is 5.11 Å². The van der Waals surface area contributed by atoms with Crippen LogP contribution in [0.4, 0.5) is 5.69 Å². The molecule has 0 saturated heterocycles. The summed E-state index contributed by atoms with van der Waals surface area (Å²) < 4.78 is 0.744. The Morgan fingerprint density at radius 1 is 1.40 bits per heavy atom. The first-order chi connectivity index (χ1) is 7.17. The zero-order valence-electron chi connectivity index (χ0n) is 7.40. The third-order valence-corrected chi connectivity index (χ3v) is 1.95. The monoisotopic (exact) mass is 264 g/mol. The van der Waals surface area contributed by atoms with Gasteiger partial charge in [0.1, 0.15) is 17.9 Å². The number of phenols is 1. The maximum absolute atomic E-state index is 9.37. The molecule has 0 spiro atoms. The Morgan fingerprint density at radius 3 is 2.67 bits per heavy atom. The number of rotatable bonds is 2. The number of nitrogens with one attached hydrogen (secondary N) is 1. The van der Waals surface area contributed by atoms with Crippen molar-refractivity contribution in [1.82, 2.24) is 0 Å². The van der Waals surface area contributed by atoms with Crippen molar-refractivity contribution in [2.75, 3.05) is 5.43 Å². The number of nitrogens with zero attached hydrogens (tertiary/aromatic N) is 3. The number of hydrogen-bond donors (Lipinski definition) is 2. The van der Waals surface area contributed by atoms with Crippen LogP contribution in [0.3, 0.4) is 0 Å². The highest BCUT2D eigenvalue weighted by Crippen LogP contribution is 2.26. The van der Waals surface area contributed by atoms with E-state index in [1.165, 1.54) is 6.07 Å². The van der Waals surface area contributed by atoms with Crippen LogP contribution >= 0.6 is 15.9 Å². The molecule has 0 saturated carbocycles. The number of benzene rings is 1. The van der Waals surface area contributed by atoms with Crippen LogP contribution < -0.4 is 5.43 Å². The first kappa shape index (κ1) is 11.0. The van der Waals surface area contributed by atoms with Gasteiger partial charge in [-0.25, -0.2) is 0 Å². The van der Waals surface area contributed by atoms with Crippen molar-refractivity contribution in [1.29, 1.82) is 10.5 Å². The molecular weight excluding hydrogens is 260 g/mol. The zero-order valence-corrected chi connectivity index (χ0v) is 8.98. The lowest BCUT2D eigenvalue weighted by Crippen LogP contribution is -1.96. The molecule has 74 valence electrons. The Hall–Kier alpha value is -2.05. The molecule has 0 heterocycles. The van der Waals surface area contributed by atoms with E-state index in [4.69, 9.17) is 10.5 Å². The largest absolute Gasteiger partial charge is 0.506 e. The summed E-state index contributed by atoms with van der Waals surface area (Å²) >= 11 is 3.21. The Balaban J connectivity index is 2.92. The lowest BCUT2D eigenvalue weighted by atomic mass is 10.3. The minimum Gasteiger partial charge on any atom is -0.506 e. The number of aromatic hydroxyl groups is 1. The van der Waals surface area contributed by atoms with E-state index >= 15 is 0 Å². The van der Waals surface area contributed by atoms with E-state index in [0.29, 0.717) is 5.69 Å². The molecule has 15 heavy (non-hydrogen) atoms. The van der Waals surface area contributed by atoms with Crippen molar-refractivity contribution in [3.05, 3.63) is 22.7 Å². The molecule has 0 atom stereocenters.